The predicted octanol–water partition coefficient (Wildman–Crippen LogP) is 10.0. The first-order chi connectivity index (χ1) is 19.5. The van der Waals surface area contributed by atoms with Gasteiger partial charge in [0.2, 0.25) is 0 Å². The maximum absolute atomic E-state index is 13.1. The summed E-state index contributed by atoms with van der Waals surface area (Å²) in [5.41, 5.74) is 0. The molecule has 0 bridgehead atoms. The van der Waals surface area contributed by atoms with Crippen LogP contribution in [0.4, 0.5) is 0 Å². The number of nitrogens with one attached hydrogen (secondary N) is 2. The van der Waals surface area contributed by atoms with Crippen LogP contribution >= 0.6 is 11.6 Å². The van der Waals surface area contributed by atoms with E-state index in [2.05, 4.69) is 69.4 Å². The Bertz CT molecular complexity index is 855. The first-order valence-electron chi connectivity index (χ1n) is 16.5. The van der Waals surface area contributed by atoms with Crippen molar-refractivity contribution in [2.45, 2.75) is 157 Å². The van der Waals surface area contributed by atoms with Gasteiger partial charge in [-0.15, -0.1) is 0 Å². The number of rotatable bonds is 21. The van der Waals surface area contributed by atoms with E-state index in [4.69, 9.17) is 16.0 Å². The molecule has 2 N–H and O–H groups in total. The number of amides is 2. The molecular formula is C34H65ClN2O3SiSn. The van der Waals surface area contributed by atoms with E-state index in [1.54, 1.807) is 12.3 Å². The summed E-state index contributed by atoms with van der Waals surface area (Å²) in [6.45, 7) is 23.8. The summed E-state index contributed by atoms with van der Waals surface area (Å²) in [6.07, 6.45) is 16.1. The summed E-state index contributed by atoms with van der Waals surface area (Å²) in [4.78, 5) is 26.2. The van der Waals surface area contributed by atoms with Crippen molar-refractivity contribution in [2.75, 3.05) is 0 Å². The van der Waals surface area contributed by atoms with E-state index in [-0.39, 0.29) is 28.9 Å². The van der Waals surface area contributed by atoms with Gasteiger partial charge in [-0.25, -0.2) is 0 Å². The summed E-state index contributed by atoms with van der Waals surface area (Å²) in [5.74, 6) is -0.376. The maximum atomic E-state index is 13.1. The summed E-state index contributed by atoms with van der Waals surface area (Å²) >= 11 is 3.54. The topological polar surface area (TPSA) is 67.4 Å². The van der Waals surface area contributed by atoms with Crippen LogP contribution in [0, 0.1) is 5.92 Å². The molecular weight excluding hydrogens is 667 g/mol. The van der Waals surface area contributed by atoms with Gasteiger partial charge in [0.15, 0.2) is 8.32 Å². The third-order valence-electron chi connectivity index (χ3n) is 8.59. The molecule has 0 spiro atoms. The molecule has 5 nitrogen and oxygen atoms in total. The van der Waals surface area contributed by atoms with Gasteiger partial charge >= 0.3 is 195 Å². The fourth-order valence-corrected chi connectivity index (χ4v) is 20.3. The van der Waals surface area contributed by atoms with Crippen molar-refractivity contribution in [3.05, 3.63) is 33.6 Å². The van der Waals surface area contributed by atoms with Crippen LogP contribution in [-0.4, -0.2) is 50.7 Å². The number of carbonyl (C=O) groups excluding carboxylic acids is 2. The van der Waals surface area contributed by atoms with Gasteiger partial charge in [0.1, 0.15) is 0 Å². The molecule has 0 rings (SSSR count). The van der Waals surface area contributed by atoms with E-state index in [1.807, 2.05) is 32.9 Å². The van der Waals surface area contributed by atoms with Gasteiger partial charge in [-0.05, 0) is 25.1 Å². The van der Waals surface area contributed by atoms with Crippen LogP contribution in [0.2, 0.25) is 31.4 Å². The Labute approximate surface area is 270 Å². The molecule has 0 saturated carbocycles. The summed E-state index contributed by atoms with van der Waals surface area (Å²) in [6, 6.07) is -0.598. The third kappa shape index (κ3) is 17.1. The van der Waals surface area contributed by atoms with Gasteiger partial charge in [-0.3, -0.25) is 0 Å². The standard InChI is InChI=1S/C22H38ClN2O3Si.3C4H9.Sn/c1-10-19(26)25-20(16(2)3)21(27)24-15-11-12-18(14-13-17(4)23)28-29(8,9)22(5,6)7;3*1-3-4-2;/h1,10-11,13,15-16,18,20H,12,14H2,2-9H3,(H,24,27)(H,25,26);3*1,3-4H2,2H3;/b10-1?,15-11-,17-13+;;;;/t18-,20-;;;;/m0..../s1. The average molecular weight is 732 g/mol. The molecule has 0 aliphatic rings. The molecule has 0 aliphatic heterocycles. The fraction of sp³-hybridized carbons (Fsp3) is 0.765. The van der Waals surface area contributed by atoms with Crippen LogP contribution in [0.15, 0.2) is 33.6 Å². The average Bonchev–Trinajstić information content (AvgIpc) is 2.90. The van der Waals surface area contributed by atoms with Gasteiger partial charge in [-0.2, -0.15) is 0 Å². The SMILES string of the molecule is CCC[CH2][Sn](/[CH]=C\C(=O)N[C@H](C(=O)N/C=C\C[C@@H](C/C=C(\C)Cl)O[Si](C)(C)C(C)(C)C)C(C)C)([CH2]CCC)[CH2]CCC. The monoisotopic (exact) mass is 732 g/mol. The van der Waals surface area contributed by atoms with Gasteiger partial charge < -0.3 is 0 Å². The first kappa shape index (κ1) is 41.4. The van der Waals surface area contributed by atoms with Gasteiger partial charge in [0.05, 0.1) is 0 Å². The van der Waals surface area contributed by atoms with Gasteiger partial charge in [0.25, 0.3) is 0 Å². The molecule has 0 radical (unpaired) electrons. The second-order valence-corrected chi connectivity index (χ2v) is 32.3. The minimum absolute atomic E-state index is 0.0156. The summed E-state index contributed by atoms with van der Waals surface area (Å²) in [5, 5.41) is 6.77. The number of carbonyl (C=O) groups is 2. The Kier molecular flexibility index (Phi) is 20.9. The Morgan fingerprint density at radius 1 is 0.952 bits per heavy atom. The Morgan fingerprint density at radius 3 is 1.90 bits per heavy atom. The van der Waals surface area contributed by atoms with Crippen LogP contribution < -0.4 is 10.6 Å². The van der Waals surface area contributed by atoms with Crippen LogP contribution in [0.25, 0.3) is 0 Å². The van der Waals surface area contributed by atoms with E-state index in [0.717, 1.165) is 11.5 Å². The number of hydrogen-bond donors (Lipinski definition) is 2. The zero-order chi connectivity index (χ0) is 32.4. The van der Waals surface area contributed by atoms with Crippen LogP contribution in [0.3, 0.4) is 0 Å². The van der Waals surface area contributed by atoms with Gasteiger partial charge in [0, 0.05) is 5.03 Å². The molecule has 0 aromatic rings. The summed E-state index contributed by atoms with van der Waals surface area (Å²) in [7, 11) is -1.96. The molecule has 2 atom stereocenters. The van der Waals surface area contributed by atoms with Gasteiger partial charge in [-0.1, -0.05) is 38.4 Å². The predicted molar refractivity (Wildman–Crippen MR) is 189 cm³/mol. The van der Waals surface area contributed by atoms with E-state index >= 15 is 0 Å². The normalized spacial score (nSPS) is 15.0. The van der Waals surface area contributed by atoms with Crippen LogP contribution in [0.5, 0.6) is 0 Å². The Hall–Kier alpha value is -0.574. The number of hydrogen-bond acceptors (Lipinski definition) is 3. The molecule has 0 aromatic heterocycles. The van der Waals surface area contributed by atoms with Crippen molar-refractivity contribution in [1.82, 2.24) is 10.6 Å². The van der Waals surface area contributed by atoms with E-state index < -0.39 is 32.7 Å². The number of allylic oxidation sites excluding steroid dienone is 1. The van der Waals surface area contributed by atoms with E-state index in [0.29, 0.717) is 6.42 Å². The third-order valence-corrected chi connectivity index (χ3v) is 27.3. The van der Waals surface area contributed by atoms with Crippen LogP contribution in [-0.2, 0) is 14.0 Å². The molecule has 0 fully saturated rings. The molecule has 0 heterocycles. The van der Waals surface area contributed by atoms with Crippen molar-refractivity contribution in [3.63, 3.8) is 0 Å². The second kappa shape index (κ2) is 21.2. The molecule has 0 unspecified atom stereocenters. The molecule has 0 aromatic carbocycles. The van der Waals surface area contributed by atoms with Crippen LogP contribution in [0.1, 0.15) is 114 Å². The number of unbranched alkanes of at least 4 members (excludes halogenated alkanes) is 3. The Balaban J connectivity index is 5.48. The summed E-state index contributed by atoms with van der Waals surface area (Å²) < 4.78 is 12.9. The minimum atomic E-state index is -2.57. The molecule has 0 saturated heterocycles. The fourth-order valence-electron chi connectivity index (χ4n) is 4.73. The molecule has 2 amide bonds. The Morgan fingerprint density at radius 2 is 1.48 bits per heavy atom. The second-order valence-electron chi connectivity index (χ2n) is 13.9. The van der Waals surface area contributed by atoms with Crippen molar-refractivity contribution in [3.8, 4) is 0 Å². The van der Waals surface area contributed by atoms with Crippen molar-refractivity contribution < 1.29 is 14.0 Å². The van der Waals surface area contributed by atoms with Crippen molar-refractivity contribution in [2.24, 2.45) is 5.92 Å². The zero-order valence-electron chi connectivity index (χ0n) is 29.0. The first-order valence-corrected chi connectivity index (χ1v) is 27.5. The molecule has 244 valence electrons. The zero-order valence-corrected chi connectivity index (χ0v) is 33.6. The molecule has 42 heavy (non-hydrogen) atoms. The van der Waals surface area contributed by atoms with E-state index in [1.165, 1.54) is 51.8 Å². The quantitative estimate of drug-likeness (QED) is 0.0913. The number of halogens is 1. The molecule has 8 heteroatoms. The van der Waals surface area contributed by atoms with Crippen molar-refractivity contribution in [1.29, 1.82) is 0 Å². The van der Waals surface area contributed by atoms with Crippen molar-refractivity contribution >= 4 is 50.1 Å². The molecule has 0 aliphatic carbocycles. The van der Waals surface area contributed by atoms with E-state index in [9.17, 15) is 9.59 Å².